The van der Waals surface area contributed by atoms with Crippen LogP contribution in [0.4, 0.5) is 4.39 Å². The summed E-state index contributed by atoms with van der Waals surface area (Å²) in [5.41, 5.74) is 7.02. The van der Waals surface area contributed by atoms with Crippen LogP contribution in [0.25, 0.3) is 0 Å². The highest BCUT2D eigenvalue weighted by atomic mass is 35.5. The minimum absolute atomic E-state index is 0.351. The lowest BCUT2D eigenvalue weighted by Gasteiger charge is -2.15. The Kier molecular flexibility index (Phi) is 3.67. The maximum atomic E-state index is 13.6. The van der Waals surface area contributed by atoms with Crippen molar-refractivity contribution >= 4 is 23.2 Å². The van der Waals surface area contributed by atoms with Crippen LogP contribution in [0.15, 0.2) is 42.5 Å². The van der Waals surface area contributed by atoms with Crippen molar-refractivity contribution < 1.29 is 4.39 Å². The lowest BCUT2D eigenvalue weighted by Crippen LogP contribution is -2.14. The van der Waals surface area contributed by atoms with Crippen molar-refractivity contribution in [1.29, 1.82) is 0 Å². The quantitative estimate of drug-likeness (QED) is 0.870. The highest BCUT2D eigenvalue weighted by Crippen LogP contribution is 2.32. The first kappa shape index (κ1) is 12.4. The molecule has 1 atom stereocenters. The van der Waals surface area contributed by atoms with Gasteiger partial charge in [0, 0.05) is 5.56 Å². The monoisotopic (exact) mass is 269 g/mol. The Labute approximate surface area is 109 Å². The smallest absolute Gasteiger partial charge is 0.128 e. The molecule has 0 saturated carbocycles. The average Bonchev–Trinajstić information content (AvgIpc) is 2.32. The Bertz CT molecular complexity index is 543. The zero-order chi connectivity index (χ0) is 12.4. The molecule has 17 heavy (non-hydrogen) atoms. The predicted octanol–water partition coefficient (Wildman–Crippen LogP) is 4.18. The van der Waals surface area contributed by atoms with Crippen LogP contribution in [0, 0.1) is 5.82 Å². The summed E-state index contributed by atoms with van der Waals surface area (Å²) in [5.74, 6) is -0.351. The predicted molar refractivity (Wildman–Crippen MR) is 68.9 cm³/mol. The van der Waals surface area contributed by atoms with Gasteiger partial charge < -0.3 is 5.73 Å². The van der Waals surface area contributed by atoms with Gasteiger partial charge in [-0.15, -0.1) is 0 Å². The molecule has 2 N–H and O–H groups in total. The Morgan fingerprint density at radius 1 is 0.941 bits per heavy atom. The third-order valence-electron chi connectivity index (χ3n) is 2.56. The van der Waals surface area contributed by atoms with E-state index < -0.39 is 6.04 Å². The van der Waals surface area contributed by atoms with Crippen LogP contribution in [-0.4, -0.2) is 0 Å². The summed E-state index contributed by atoms with van der Waals surface area (Å²) in [6, 6.07) is 10.9. The highest BCUT2D eigenvalue weighted by Gasteiger charge is 2.16. The third-order valence-corrected chi connectivity index (χ3v) is 3.39. The van der Waals surface area contributed by atoms with E-state index in [1.165, 1.54) is 6.07 Å². The van der Waals surface area contributed by atoms with Crippen molar-refractivity contribution in [1.82, 2.24) is 0 Å². The molecule has 0 spiro atoms. The van der Waals surface area contributed by atoms with Gasteiger partial charge in [-0.1, -0.05) is 53.5 Å². The van der Waals surface area contributed by atoms with E-state index in [9.17, 15) is 4.39 Å². The summed E-state index contributed by atoms with van der Waals surface area (Å²) in [7, 11) is 0. The van der Waals surface area contributed by atoms with E-state index in [1.54, 1.807) is 36.4 Å². The zero-order valence-electron chi connectivity index (χ0n) is 8.83. The number of hydrogen-bond donors (Lipinski definition) is 1. The van der Waals surface area contributed by atoms with Gasteiger partial charge in [-0.05, 0) is 17.7 Å². The first-order valence-electron chi connectivity index (χ1n) is 5.05. The van der Waals surface area contributed by atoms with Gasteiger partial charge in [-0.25, -0.2) is 4.39 Å². The SMILES string of the molecule is NC(c1ccccc1F)c1cccc(Cl)c1Cl. The number of nitrogens with two attached hydrogens (primary N) is 1. The summed E-state index contributed by atoms with van der Waals surface area (Å²) < 4.78 is 13.6. The van der Waals surface area contributed by atoms with Gasteiger partial charge in [0.15, 0.2) is 0 Å². The number of benzene rings is 2. The van der Waals surface area contributed by atoms with Gasteiger partial charge in [0.25, 0.3) is 0 Å². The minimum atomic E-state index is -0.623. The molecule has 0 bridgehead atoms. The first-order valence-corrected chi connectivity index (χ1v) is 5.80. The van der Waals surface area contributed by atoms with E-state index in [4.69, 9.17) is 28.9 Å². The lowest BCUT2D eigenvalue weighted by atomic mass is 9.99. The van der Waals surface area contributed by atoms with Crippen LogP contribution in [0.2, 0.25) is 10.0 Å². The molecule has 0 fully saturated rings. The Morgan fingerprint density at radius 2 is 1.59 bits per heavy atom. The molecular weight excluding hydrogens is 260 g/mol. The Balaban J connectivity index is 2.48. The molecule has 0 saturated heterocycles. The lowest BCUT2D eigenvalue weighted by molar-refractivity contribution is 0.600. The Hall–Kier alpha value is -1.09. The molecule has 2 aromatic rings. The Morgan fingerprint density at radius 3 is 2.29 bits per heavy atom. The van der Waals surface area contributed by atoms with E-state index in [0.717, 1.165) is 0 Å². The fourth-order valence-electron chi connectivity index (χ4n) is 1.66. The molecule has 0 heterocycles. The molecule has 1 nitrogen and oxygen atoms in total. The van der Waals surface area contributed by atoms with Crippen molar-refractivity contribution in [3.05, 3.63) is 69.5 Å². The standard InChI is InChI=1S/C13H10Cl2FN/c14-10-6-3-5-9(12(10)15)13(17)8-4-1-2-7-11(8)16/h1-7,13H,17H2. The molecule has 0 aliphatic carbocycles. The summed E-state index contributed by atoms with van der Waals surface area (Å²) in [6.07, 6.45) is 0. The van der Waals surface area contributed by atoms with E-state index in [2.05, 4.69) is 0 Å². The molecule has 0 aromatic heterocycles. The van der Waals surface area contributed by atoms with Gasteiger partial charge in [-0.2, -0.15) is 0 Å². The molecule has 0 aliphatic heterocycles. The second-order valence-electron chi connectivity index (χ2n) is 3.64. The van der Waals surface area contributed by atoms with Gasteiger partial charge in [-0.3, -0.25) is 0 Å². The fraction of sp³-hybridized carbons (Fsp3) is 0.0769. The third kappa shape index (κ3) is 2.44. The molecular formula is C13H10Cl2FN. The van der Waals surface area contributed by atoms with Crippen LogP contribution in [0.5, 0.6) is 0 Å². The van der Waals surface area contributed by atoms with Crippen LogP contribution < -0.4 is 5.73 Å². The number of halogens is 3. The zero-order valence-corrected chi connectivity index (χ0v) is 10.3. The van der Waals surface area contributed by atoms with Crippen LogP contribution in [-0.2, 0) is 0 Å². The van der Waals surface area contributed by atoms with Crippen molar-refractivity contribution in [2.45, 2.75) is 6.04 Å². The summed E-state index contributed by atoms with van der Waals surface area (Å²) in [4.78, 5) is 0. The van der Waals surface area contributed by atoms with E-state index in [1.807, 2.05) is 0 Å². The van der Waals surface area contributed by atoms with Crippen molar-refractivity contribution in [2.75, 3.05) is 0 Å². The summed E-state index contributed by atoms with van der Waals surface area (Å²) in [6.45, 7) is 0. The minimum Gasteiger partial charge on any atom is -0.320 e. The summed E-state index contributed by atoms with van der Waals surface area (Å²) in [5, 5.41) is 0.779. The van der Waals surface area contributed by atoms with Gasteiger partial charge in [0.2, 0.25) is 0 Å². The van der Waals surface area contributed by atoms with Gasteiger partial charge in [0.1, 0.15) is 5.82 Å². The maximum Gasteiger partial charge on any atom is 0.128 e. The molecule has 0 aliphatic rings. The van der Waals surface area contributed by atoms with Crippen molar-refractivity contribution in [2.24, 2.45) is 5.73 Å². The highest BCUT2D eigenvalue weighted by molar-refractivity contribution is 6.42. The number of hydrogen-bond acceptors (Lipinski definition) is 1. The normalized spacial score (nSPS) is 12.5. The largest absolute Gasteiger partial charge is 0.320 e. The number of rotatable bonds is 2. The van der Waals surface area contributed by atoms with Crippen molar-refractivity contribution in [3.63, 3.8) is 0 Å². The van der Waals surface area contributed by atoms with Gasteiger partial charge >= 0.3 is 0 Å². The summed E-state index contributed by atoms with van der Waals surface area (Å²) >= 11 is 12.0. The molecule has 0 amide bonds. The molecule has 2 aromatic carbocycles. The van der Waals surface area contributed by atoms with Gasteiger partial charge in [0.05, 0.1) is 16.1 Å². The topological polar surface area (TPSA) is 26.0 Å². The molecule has 88 valence electrons. The second-order valence-corrected chi connectivity index (χ2v) is 4.43. The molecule has 1 unspecified atom stereocenters. The van der Waals surface area contributed by atoms with E-state index >= 15 is 0 Å². The van der Waals surface area contributed by atoms with E-state index in [0.29, 0.717) is 21.2 Å². The maximum absolute atomic E-state index is 13.6. The fourth-order valence-corrected chi connectivity index (χ4v) is 2.08. The molecule has 2 rings (SSSR count). The van der Waals surface area contributed by atoms with Crippen LogP contribution in [0.1, 0.15) is 17.2 Å². The average molecular weight is 270 g/mol. The second kappa shape index (κ2) is 5.05. The van der Waals surface area contributed by atoms with Crippen molar-refractivity contribution in [3.8, 4) is 0 Å². The van der Waals surface area contributed by atoms with Crippen LogP contribution >= 0.6 is 23.2 Å². The van der Waals surface area contributed by atoms with E-state index in [-0.39, 0.29) is 5.82 Å². The molecule has 0 radical (unpaired) electrons. The molecule has 4 heteroatoms. The van der Waals surface area contributed by atoms with Crippen LogP contribution in [0.3, 0.4) is 0 Å². The first-order chi connectivity index (χ1) is 8.11.